The molecule has 3 rings (SSSR count). The van der Waals surface area contributed by atoms with Gasteiger partial charge in [0.05, 0.1) is 0 Å². The van der Waals surface area contributed by atoms with Gasteiger partial charge in [0.1, 0.15) is 0 Å². The van der Waals surface area contributed by atoms with E-state index < -0.39 is 0 Å². The molecule has 0 spiro atoms. The molecule has 0 aromatic heterocycles. The molecule has 0 radical (unpaired) electrons. The molecule has 1 aromatic rings. The maximum absolute atomic E-state index is 12.3. The van der Waals surface area contributed by atoms with Crippen LogP contribution in [0.15, 0.2) is 30.3 Å². The minimum Gasteiger partial charge on any atom is -0.353 e. The van der Waals surface area contributed by atoms with Gasteiger partial charge in [-0.05, 0) is 62.3 Å². The third-order valence-electron chi connectivity index (χ3n) is 5.41. The molecule has 1 N–H and O–H groups in total. The Hall–Kier alpha value is -1.31. The third-order valence-corrected chi connectivity index (χ3v) is 5.41. The fourth-order valence-corrected chi connectivity index (χ4v) is 4.06. The second-order valence-electron chi connectivity index (χ2n) is 7.08. The number of amides is 1. The largest absolute Gasteiger partial charge is 0.353 e. The summed E-state index contributed by atoms with van der Waals surface area (Å²) < 4.78 is 0. The fraction of sp³-hybridized carbons (Fsp3) is 0.632. The normalized spacial score (nSPS) is 32.8. The summed E-state index contributed by atoms with van der Waals surface area (Å²) in [4.78, 5) is 12.3. The molecule has 2 saturated carbocycles. The van der Waals surface area contributed by atoms with Crippen molar-refractivity contribution in [3.8, 4) is 0 Å². The predicted octanol–water partition coefficient (Wildman–Crippen LogP) is 4.27. The number of nitrogens with one attached hydrogen (secondary N) is 1. The van der Waals surface area contributed by atoms with E-state index in [1.165, 1.54) is 24.8 Å². The number of hydrogen-bond donors (Lipinski definition) is 1. The highest BCUT2D eigenvalue weighted by molar-refractivity contribution is 5.79. The number of hydrogen-bond acceptors (Lipinski definition) is 1. The molecule has 0 heterocycles. The molecule has 2 aliphatic carbocycles. The molecule has 21 heavy (non-hydrogen) atoms. The lowest BCUT2D eigenvalue weighted by molar-refractivity contribution is -0.125. The highest BCUT2D eigenvalue weighted by Crippen LogP contribution is 2.34. The zero-order valence-corrected chi connectivity index (χ0v) is 13.1. The van der Waals surface area contributed by atoms with Crippen LogP contribution in [0.4, 0.5) is 0 Å². The van der Waals surface area contributed by atoms with Crippen LogP contribution in [-0.2, 0) is 4.79 Å². The number of benzene rings is 1. The van der Waals surface area contributed by atoms with Crippen molar-refractivity contribution in [1.82, 2.24) is 5.32 Å². The van der Waals surface area contributed by atoms with Crippen molar-refractivity contribution in [3.05, 3.63) is 35.9 Å². The summed E-state index contributed by atoms with van der Waals surface area (Å²) in [5.41, 5.74) is 1.46. The van der Waals surface area contributed by atoms with Crippen LogP contribution in [0.3, 0.4) is 0 Å². The van der Waals surface area contributed by atoms with E-state index in [0.29, 0.717) is 17.9 Å². The number of carbonyl (C=O) groups is 1. The topological polar surface area (TPSA) is 29.1 Å². The van der Waals surface area contributed by atoms with E-state index in [9.17, 15) is 4.79 Å². The summed E-state index contributed by atoms with van der Waals surface area (Å²) in [6.45, 7) is 2.26. The van der Waals surface area contributed by atoms with Gasteiger partial charge in [0, 0.05) is 12.0 Å². The van der Waals surface area contributed by atoms with Crippen molar-refractivity contribution in [2.24, 2.45) is 11.8 Å². The maximum Gasteiger partial charge on any atom is 0.223 e. The van der Waals surface area contributed by atoms with Crippen LogP contribution in [-0.4, -0.2) is 11.9 Å². The summed E-state index contributed by atoms with van der Waals surface area (Å²) in [7, 11) is 0. The van der Waals surface area contributed by atoms with Crippen LogP contribution in [0.5, 0.6) is 0 Å². The molecular weight excluding hydrogens is 258 g/mol. The lowest BCUT2D eigenvalue weighted by Gasteiger charge is -2.30. The lowest BCUT2D eigenvalue weighted by Crippen LogP contribution is -2.40. The first-order chi connectivity index (χ1) is 10.2. The predicted molar refractivity (Wildman–Crippen MR) is 86.1 cm³/mol. The van der Waals surface area contributed by atoms with Crippen molar-refractivity contribution in [3.63, 3.8) is 0 Å². The number of rotatable bonds is 3. The van der Waals surface area contributed by atoms with E-state index in [1.54, 1.807) is 0 Å². The Bertz CT molecular complexity index is 462. The molecule has 1 aromatic carbocycles. The fourth-order valence-electron chi connectivity index (χ4n) is 4.06. The van der Waals surface area contributed by atoms with Gasteiger partial charge >= 0.3 is 0 Å². The first-order valence-electron chi connectivity index (χ1n) is 8.57. The molecule has 0 aliphatic heterocycles. The minimum atomic E-state index is 0.284. The Balaban J connectivity index is 1.47. The number of carbonyl (C=O) groups excluding carboxylic acids is 1. The molecule has 1 amide bonds. The smallest absolute Gasteiger partial charge is 0.223 e. The summed E-state index contributed by atoms with van der Waals surface area (Å²) in [6, 6.07) is 11.2. The maximum atomic E-state index is 12.3. The van der Waals surface area contributed by atoms with E-state index in [-0.39, 0.29) is 5.92 Å². The highest BCUT2D eigenvalue weighted by atomic mass is 16.1. The second kappa shape index (κ2) is 6.64. The van der Waals surface area contributed by atoms with E-state index in [1.807, 2.05) is 0 Å². The van der Waals surface area contributed by atoms with Crippen molar-refractivity contribution in [2.75, 3.05) is 0 Å². The van der Waals surface area contributed by atoms with Crippen molar-refractivity contribution < 1.29 is 4.79 Å². The zero-order chi connectivity index (χ0) is 14.7. The van der Waals surface area contributed by atoms with Gasteiger partial charge in [0.2, 0.25) is 5.91 Å². The average molecular weight is 285 g/mol. The highest BCUT2D eigenvalue weighted by Gasteiger charge is 2.30. The van der Waals surface area contributed by atoms with Crippen LogP contribution in [0.1, 0.15) is 63.4 Å². The van der Waals surface area contributed by atoms with Gasteiger partial charge in [-0.1, -0.05) is 37.3 Å². The van der Waals surface area contributed by atoms with Gasteiger partial charge in [-0.25, -0.2) is 0 Å². The molecule has 2 atom stereocenters. The molecule has 0 bridgehead atoms. The third kappa shape index (κ3) is 3.66. The molecule has 2 aliphatic rings. The Kier molecular flexibility index (Phi) is 4.62. The van der Waals surface area contributed by atoms with Gasteiger partial charge in [0.15, 0.2) is 0 Å². The molecule has 2 fully saturated rings. The molecular formula is C19H27NO. The van der Waals surface area contributed by atoms with Crippen molar-refractivity contribution in [1.29, 1.82) is 0 Å². The summed E-state index contributed by atoms with van der Waals surface area (Å²) >= 11 is 0. The van der Waals surface area contributed by atoms with Gasteiger partial charge in [-0.2, -0.15) is 0 Å². The summed E-state index contributed by atoms with van der Waals surface area (Å²) in [5, 5.41) is 3.31. The van der Waals surface area contributed by atoms with E-state index in [0.717, 1.165) is 31.6 Å². The second-order valence-corrected chi connectivity index (χ2v) is 7.08. The van der Waals surface area contributed by atoms with E-state index in [2.05, 4.69) is 42.6 Å². The Morgan fingerprint density at radius 2 is 1.71 bits per heavy atom. The molecule has 114 valence electrons. The monoisotopic (exact) mass is 285 g/mol. The minimum absolute atomic E-state index is 0.284. The molecule has 2 unspecified atom stereocenters. The van der Waals surface area contributed by atoms with E-state index in [4.69, 9.17) is 0 Å². The summed E-state index contributed by atoms with van der Waals surface area (Å²) in [5.74, 6) is 2.02. The lowest BCUT2D eigenvalue weighted by atomic mass is 9.81. The van der Waals surface area contributed by atoms with Crippen LogP contribution >= 0.6 is 0 Å². The first kappa shape index (κ1) is 14.6. The van der Waals surface area contributed by atoms with Crippen LogP contribution in [0.2, 0.25) is 0 Å². The Morgan fingerprint density at radius 3 is 2.33 bits per heavy atom. The first-order valence-corrected chi connectivity index (χ1v) is 8.57. The van der Waals surface area contributed by atoms with E-state index >= 15 is 0 Å². The molecule has 2 heteroatoms. The van der Waals surface area contributed by atoms with Gasteiger partial charge < -0.3 is 5.32 Å². The zero-order valence-electron chi connectivity index (χ0n) is 13.1. The van der Waals surface area contributed by atoms with Gasteiger partial charge in [-0.15, -0.1) is 0 Å². The van der Waals surface area contributed by atoms with Crippen LogP contribution in [0, 0.1) is 11.8 Å². The SMILES string of the molecule is CC1CCC(C(=O)NC2CCC(c3ccccc3)CC2)C1. The molecule has 0 saturated heterocycles. The Morgan fingerprint density at radius 1 is 1.00 bits per heavy atom. The van der Waals surface area contributed by atoms with Gasteiger partial charge in [-0.3, -0.25) is 4.79 Å². The summed E-state index contributed by atoms with van der Waals surface area (Å²) in [6.07, 6.45) is 8.07. The Labute approximate surface area is 128 Å². The van der Waals surface area contributed by atoms with Crippen LogP contribution in [0.25, 0.3) is 0 Å². The van der Waals surface area contributed by atoms with Crippen LogP contribution < -0.4 is 5.32 Å². The standard InChI is InChI=1S/C19H27NO/c1-14-7-8-17(13-14)19(21)20-18-11-9-16(10-12-18)15-5-3-2-4-6-15/h2-6,14,16-18H,7-13H2,1H3,(H,20,21). The van der Waals surface area contributed by atoms with Crippen molar-refractivity contribution in [2.45, 2.75) is 63.8 Å². The average Bonchev–Trinajstić information content (AvgIpc) is 2.96. The van der Waals surface area contributed by atoms with Crippen molar-refractivity contribution >= 4 is 5.91 Å². The van der Waals surface area contributed by atoms with Gasteiger partial charge in [0.25, 0.3) is 0 Å². The molecule has 2 nitrogen and oxygen atoms in total. The quantitative estimate of drug-likeness (QED) is 0.883.